The molecule has 1 aliphatic heterocycles. The number of carboxylic acids is 1. The van der Waals surface area contributed by atoms with E-state index >= 15 is 0 Å². The summed E-state index contributed by atoms with van der Waals surface area (Å²) in [6, 6.07) is 21.1. The lowest BCUT2D eigenvalue weighted by atomic mass is 9.44. The number of rotatable bonds is 4. The highest BCUT2D eigenvalue weighted by molar-refractivity contribution is 5.87. The van der Waals surface area contributed by atoms with Crippen molar-refractivity contribution in [2.24, 2.45) is 27.8 Å². The minimum atomic E-state index is -0.569. The fourth-order valence-corrected chi connectivity index (χ4v) is 6.90. The molecule has 2 aromatic carbocycles. The Kier molecular flexibility index (Phi) is 6.26. The summed E-state index contributed by atoms with van der Waals surface area (Å²) in [6.07, 6.45) is 15.9. The number of hydrogen-bond acceptors (Lipinski definition) is 3. The summed E-state index contributed by atoms with van der Waals surface area (Å²) >= 11 is 0. The molecule has 5 nitrogen and oxygen atoms in total. The van der Waals surface area contributed by atoms with Gasteiger partial charge in [-0.05, 0) is 80.2 Å². The highest BCUT2D eigenvalue weighted by atomic mass is 16.4. The van der Waals surface area contributed by atoms with Gasteiger partial charge in [-0.15, -0.1) is 0 Å². The number of aliphatic carboxylic acids is 1. The average molecular weight is 497 g/mol. The summed E-state index contributed by atoms with van der Waals surface area (Å²) in [5.74, 6) is 2.06. The van der Waals surface area contributed by atoms with Gasteiger partial charge in [0.2, 0.25) is 5.91 Å². The summed E-state index contributed by atoms with van der Waals surface area (Å²) in [5.41, 5.74) is 2.43. The summed E-state index contributed by atoms with van der Waals surface area (Å²) in [6.45, 7) is 0. The molecule has 5 heteroatoms. The van der Waals surface area contributed by atoms with Crippen molar-refractivity contribution in [1.82, 2.24) is 5.01 Å². The monoisotopic (exact) mass is 496 g/mol. The van der Waals surface area contributed by atoms with E-state index in [1.165, 1.54) is 24.0 Å². The van der Waals surface area contributed by atoms with Crippen molar-refractivity contribution in [3.63, 3.8) is 0 Å². The molecule has 192 valence electrons. The lowest BCUT2D eigenvalue weighted by Gasteiger charge is -2.60. The fourth-order valence-electron chi connectivity index (χ4n) is 6.90. The summed E-state index contributed by atoms with van der Waals surface area (Å²) < 4.78 is 0. The SMILES string of the molecule is C1=CCC(c2ccccc2)C1.O=C(N1N=CCC1c1ccccc1)C12CC(C1)C2.O=C(O)C12CC(C1)C2. The Morgan fingerprint density at radius 1 is 0.730 bits per heavy atom. The van der Waals surface area contributed by atoms with Crippen LogP contribution in [0.5, 0.6) is 0 Å². The third kappa shape index (κ3) is 4.43. The van der Waals surface area contributed by atoms with Gasteiger partial charge in [-0.1, -0.05) is 72.8 Å². The van der Waals surface area contributed by atoms with Crippen LogP contribution in [0, 0.1) is 22.7 Å². The minimum Gasteiger partial charge on any atom is -0.481 e. The van der Waals surface area contributed by atoms with Crippen LogP contribution in [-0.2, 0) is 9.59 Å². The summed E-state index contributed by atoms with van der Waals surface area (Å²) in [4.78, 5) is 22.9. The van der Waals surface area contributed by atoms with Crippen molar-refractivity contribution in [3.05, 3.63) is 83.9 Å². The molecule has 4 bridgehead atoms. The van der Waals surface area contributed by atoms with Crippen molar-refractivity contribution < 1.29 is 14.7 Å². The Hall–Kier alpha value is -3.21. The molecule has 0 saturated heterocycles. The molecule has 6 saturated carbocycles. The number of amides is 1. The van der Waals surface area contributed by atoms with E-state index in [1.807, 2.05) is 24.4 Å². The van der Waals surface area contributed by atoms with Gasteiger partial charge < -0.3 is 5.11 Å². The van der Waals surface area contributed by atoms with Gasteiger partial charge in [-0.3, -0.25) is 9.59 Å². The van der Waals surface area contributed by atoms with Crippen molar-refractivity contribution >= 4 is 18.1 Å². The maximum atomic E-state index is 12.6. The van der Waals surface area contributed by atoms with E-state index in [0.29, 0.717) is 0 Å². The van der Waals surface area contributed by atoms with Crippen LogP contribution in [0.2, 0.25) is 0 Å². The standard InChI is InChI=1S/C15H16N2O.C11H12.C6H8O2/c18-14(15-8-11(9-15)10-15)17-13(6-7-16-17)12-4-2-1-3-5-12;1-2-6-10(7-3-1)11-8-4-5-9-11;7-5(8)6-1-4(2-6)3-6/h1-5,7,11,13H,6,8-10H2;1-7,11H,8-9H2;4H,1-3H2,(H,7,8). The number of allylic oxidation sites excluding steroid dienone is 2. The Labute approximate surface area is 219 Å². The van der Waals surface area contributed by atoms with Crippen LogP contribution in [0.1, 0.15) is 80.9 Å². The van der Waals surface area contributed by atoms with E-state index in [1.54, 1.807) is 5.01 Å². The number of nitrogens with zero attached hydrogens (tertiary/aromatic N) is 2. The number of carboxylic acid groups (broad SMARTS) is 1. The van der Waals surface area contributed by atoms with Crippen LogP contribution in [0.3, 0.4) is 0 Å². The third-order valence-corrected chi connectivity index (χ3v) is 9.49. The second-order valence-electron chi connectivity index (χ2n) is 12.0. The van der Waals surface area contributed by atoms with Gasteiger partial charge in [0.25, 0.3) is 0 Å². The normalized spacial score (nSPS) is 33.4. The number of hydrazone groups is 1. The lowest BCUT2D eigenvalue weighted by Crippen LogP contribution is -2.60. The first kappa shape index (κ1) is 24.1. The molecule has 37 heavy (non-hydrogen) atoms. The molecule has 0 radical (unpaired) electrons. The average Bonchev–Trinajstić information content (AvgIpc) is 3.49. The predicted octanol–water partition coefficient (Wildman–Crippen LogP) is 6.74. The van der Waals surface area contributed by atoms with Crippen LogP contribution < -0.4 is 0 Å². The Morgan fingerprint density at radius 3 is 1.68 bits per heavy atom. The first-order valence-corrected chi connectivity index (χ1v) is 13.8. The molecule has 2 aromatic rings. The molecular formula is C32H36N2O3. The van der Waals surface area contributed by atoms with E-state index in [9.17, 15) is 9.59 Å². The zero-order valence-corrected chi connectivity index (χ0v) is 21.3. The Balaban J connectivity index is 0.000000113. The Morgan fingerprint density at radius 2 is 1.24 bits per heavy atom. The van der Waals surface area contributed by atoms with Crippen molar-refractivity contribution in [2.75, 3.05) is 0 Å². The molecular weight excluding hydrogens is 460 g/mol. The second kappa shape index (κ2) is 9.59. The van der Waals surface area contributed by atoms with Crippen LogP contribution >= 0.6 is 0 Å². The number of carbonyl (C=O) groups is 2. The number of hydrogen-bond donors (Lipinski definition) is 1. The molecule has 1 atom stereocenters. The van der Waals surface area contributed by atoms with E-state index in [2.05, 4.69) is 59.7 Å². The van der Waals surface area contributed by atoms with Gasteiger partial charge in [0.1, 0.15) is 0 Å². The van der Waals surface area contributed by atoms with Gasteiger partial charge in [0.05, 0.1) is 16.9 Å². The van der Waals surface area contributed by atoms with Gasteiger partial charge in [-0.2, -0.15) is 5.10 Å². The summed E-state index contributed by atoms with van der Waals surface area (Å²) in [5, 5.41) is 14.6. The molecule has 0 aromatic heterocycles. The van der Waals surface area contributed by atoms with E-state index in [4.69, 9.17) is 5.11 Å². The van der Waals surface area contributed by atoms with Crippen molar-refractivity contribution in [2.45, 2.75) is 69.7 Å². The molecule has 10 rings (SSSR count). The van der Waals surface area contributed by atoms with E-state index in [-0.39, 0.29) is 22.8 Å². The van der Waals surface area contributed by atoms with Crippen molar-refractivity contribution in [3.8, 4) is 0 Å². The molecule has 1 heterocycles. The predicted molar refractivity (Wildman–Crippen MR) is 144 cm³/mol. The number of benzene rings is 2. The largest absolute Gasteiger partial charge is 0.481 e. The lowest BCUT2D eigenvalue weighted by molar-refractivity contribution is -0.184. The maximum absolute atomic E-state index is 12.6. The first-order valence-electron chi connectivity index (χ1n) is 13.8. The van der Waals surface area contributed by atoms with Crippen LogP contribution in [0.25, 0.3) is 0 Å². The highest BCUT2D eigenvalue weighted by Gasteiger charge is 2.63. The second-order valence-corrected chi connectivity index (χ2v) is 12.0. The first-order chi connectivity index (χ1) is 18.0. The third-order valence-electron chi connectivity index (χ3n) is 9.49. The van der Waals surface area contributed by atoms with Crippen LogP contribution in [-0.4, -0.2) is 28.2 Å². The number of carbonyl (C=O) groups excluding carboxylic acids is 1. The minimum absolute atomic E-state index is 0.0284. The van der Waals surface area contributed by atoms with Crippen LogP contribution in [0.4, 0.5) is 0 Å². The molecule has 8 aliphatic rings. The molecule has 1 N–H and O–H groups in total. The highest BCUT2D eigenvalue weighted by Crippen LogP contribution is 2.66. The Bertz CT molecular complexity index is 1160. The zero-order valence-electron chi connectivity index (χ0n) is 21.3. The van der Waals surface area contributed by atoms with E-state index in [0.717, 1.165) is 62.7 Å². The molecule has 6 fully saturated rings. The zero-order chi connectivity index (χ0) is 25.5. The quantitative estimate of drug-likeness (QED) is 0.477. The molecule has 7 aliphatic carbocycles. The van der Waals surface area contributed by atoms with Gasteiger partial charge in [0, 0.05) is 12.6 Å². The topological polar surface area (TPSA) is 70.0 Å². The van der Waals surface area contributed by atoms with E-state index < -0.39 is 5.97 Å². The van der Waals surface area contributed by atoms with Crippen LogP contribution in [0.15, 0.2) is 77.9 Å². The molecule has 1 unspecified atom stereocenters. The molecule has 1 amide bonds. The maximum Gasteiger partial charge on any atom is 0.309 e. The molecule has 0 spiro atoms. The van der Waals surface area contributed by atoms with Gasteiger partial charge >= 0.3 is 5.97 Å². The smallest absolute Gasteiger partial charge is 0.309 e. The fraction of sp³-hybridized carbons (Fsp3) is 0.469. The summed E-state index contributed by atoms with van der Waals surface area (Å²) in [7, 11) is 0. The van der Waals surface area contributed by atoms with Gasteiger partial charge in [0.15, 0.2) is 0 Å². The van der Waals surface area contributed by atoms with Crippen molar-refractivity contribution in [1.29, 1.82) is 0 Å². The van der Waals surface area contributed by atoms with Gasteiger partial charge in [-0.25, -0.2) is 5.01 Å².